The number of fused-ring (bicyclic) bond motifs is 2. The molecule has 0 radical (unpaired) electrons. The number of aromatic nitrogens is 2. The average Bonchev–Trinajstić information content (AvgIpc) is 3.69. The highest BCUT2D eigenvalue weighted by molar-refractivity contribution is 5.95. The van der Waals surface area contributed by atoms with Crippen LogP contribution in [0.5, 0.6) is 17.2 Å². The summed E-state index contributed by atoms with van der Waals surface area (Å²) in [5.41, 5.74) is 2.59. The number of nitrogens with zero attached hydrogens (tertiary/aromatic N) is 2. The van der Waals surface area contributed by atoms with Crippen molar-refractivity contribution in [3.05, 3.63) is 78.0 Å². The minimum atomic E-state index is -3.55. The summed E-state index contributed by atoms with van der Waals surface area (Å²) < 4.78 is 52.2. The minimum absolute atomic E-state index is 0.00407. The van der Waals surface area contributed by atoms with E-state index in [1.807, 2.05) is 12.1 Å². The number of hydrogen-bond acceptors (Lipinski definition) is 7. The average molecular weight is 607 g/mol. The zero-order valence-electron chi connectivity index (χ0n) is 24.2. The first kappa shape index (κ1) is 29.4. The normalized spacial score (nSPS) is 17.6. The van der Waals surface area contributed by atoms with Gasteiger partial charge in [-0.2, -0.15) is 13.9 Å². The van der Waals surface area contributed by atoms with Crippen LogP contribution in [0.4, 0.5) is 8.78 Å². The summed E-state index contributed by atoms with van der Waals surface area (Å²) in [5, 5.41) is 10.7. The van der Waals surface area contributed by atoms with E-state index in [0.29, 0.717) is 67.4 Å². The van der Waals surface area contributed by atoms with Crippen molar-refractivity contribution in [2.45, 2.75) is 44.4 Å². The zero-order valence-corrected chi connectivity index (χ0v) is 24.2. The van der Waals surface area contributed by atoms with Crippen LogP contribution in [-0.4, -0.2) is 66.0 Å². The van der Waals surface area contributed by atoms with Gasteiger partial charge in [-0.15, -0.1) is 0 Å². The van der Waals surface area contributed by atoms with Crippen molar-refractivity contribution < 1.29 is 37.3 Å². The van der Waals surface area contributed by atoms with Crippen LogP contribution < -0.4 is 24.8 Å². The number of hydrogen-bond donors (Lipinski definition) is 2. The van der Waals surface area contributed by atoms with Crippen LogP contribution in [0.25, 0.3) is 16.6 Å². The number of benzene rings is 3. The van der Waals surface area contributed by atoms with Crippen molar-refractivity contribution in [2.24, 2.45) is 0 Å². The SMILES string of the molecule is CC(NC(=O)C(C)(F)F)[C@H](Oc1ccc2c(cnn2-c2cccc(C(=O)NC3CCOC3)c2)c1)c1ccc2c(c1)OCCO2. The predicted octanol–water partition coefficient (Wildman–Crippen LogP) is 4.60. The Balaban J connectivity index is 1.26. The summed E-state index contributed by atoms with van der Waals surface area (Å²) in [7, 11) is 0. The lowest BCUT2D eigenvalue weighted by molar-refractivity contribution is -0.144. The predicted molar refractivity (Wildman–Crippen MR) is 157 cm³/mol. The Hall–Kier alpha value is -4.71. The van der Waals surface area contributed by atoms with Crippen molar-refractivity contribution >= 4 is 22.7 Å². The molecule has 2 aliphatic heterocycles. The van der Waals surface area contributed by atoms with Crippen LogP contribution in [0, 0.1) is 0 Å². The van der Waals surface area contributed by atoms with Crippen LogP contribution in [0.15, 0.2) is 66.9 Å². The van der Waals surface area contributed by atoms with Crippen molar-refractivity contribution in [1.82, 2.24) is 20.4 Å². The number of amides is 2. The third-order valence-electron chi connectivity index (χ3n) is 7.53. The van der Waals surface area contributed by atoms with E-state index in [2.05, 4.69) is 15.7 Å². The molecule has 230 valence electrons. The molecule has 10 nitrogen and oxygen atoms in total. The molecule has 12 heteroatoms. The van der Waals surface area contributed by atoms with Gasteiger partial charge in [-0.05, 0) is 67.4 Å². The maximum Gasteiger partial charge on any atom is 0.321 e. The van der Waals surface area contributed by atoms with Gasteiger partial charge in [-0.1, -0.05) is 12.1 Å². The second kappa shape index (κ2) is 12.1. The first-order valence-electron chi connectivity index (χ1n) is 14.4. The number of rotatable bonds is 9. The van der Waals surface area contributed by atoms with E-state index in [1.165, 1.54) is 0 Å². The quantitative estimate of drug-likeness (QED) is 0.287. The summed E-state index contributed by atoms with van der Waals surface area (Å²) >= 11 is 0. The zero-order chi connectivity index (χ0) is 30.8. The molecule has 3 heterocycles. The maximum atomic E-state index is 13.7. The van der Waals surface area contributed by atoms with E-state index in [-0.39, 0.29) is 11.9 Å². The second-order valence-electron chi connectivity index (χ2n) is 11.0. The van der Waals surface area contributed by atoms with Crippen LogP contribution >= 0.6 is 0 Å². The molecule has 44 heavy (non-hydrogen) atoms. The molecule has 3 atom stereocenters. The van der Waals surface area contributed by atoms with Gasteiger partial charge < -0.3 is 29.6 Å². The van der Waals surface area contributed by atoms with Gasteiger partial charge in [-0.3, -0.25) is 9.59 Å². The largest absolute Gasteiger partial charge is 0.486 e. The van der Waals surface area contributed by atoms with Crippen LogP contribution in [0.3, 0.4) is 0 Å². The van der Waals surface area contributed by atoms with Crippen molar-refractivity contribution in [3.8, 4) is 22.9 Å². The first-order valence-corrected chi connectivity index (χ1v) is 14.4. The standard InChI is InChI=1S/C32H32F2N4O6/c1-19(36-31(40)32(2,33)34)29(20-6-9-27-28(16-20)43-13-12-42-27)44-25-7-8-26-22(15-25)17-35-38(26)24-5-3-4-21(14-24)30(39)37-23-10-11-41-18-23/h3-9,14-17,19,23,29H,10-13,18H2,1-2H3,(H,36,40)(H,37,39)/t19?,23?,29-/m0/s1. The Kier molecular flexibility index (Phi) is 8.09. The molecular formula is C32H32F2N4O6. The van der Waals surface area contributed by atoms with Crippen molar-refractivity contribution in [3.63, 3.8) is 0 Å². The number of halogens is 2. The van der Waals surface area contributed by atoms with Crippen LogP contribution in [-0.2, 0) is 9.53 Å². The molecule has 0 spiro atoms. The number of alkyl halides is 2. The Morgan fingerprint density at radius 2 is 1.86 bits per heavy atom. The fourth-order valence-electron chi connectivity index (χ4n) is 5.24. The first-order chi connectivity index (χ1) is 21.2. The molecule has 2 N–H and O–H groups in total. The van der Waals surface area contributed by atoms with E-state index >= 15 is 0 Å². The molecule has 0 aliphatic carbocycles. The monoisotopic (exact) mass is 606 g/mol. The third kappa shape index (κ3) is 6.30. The number of carbonyl (C=O) groups is 2. The van der Waals surface area contributed by atoms with Crippen molar-refractivity contribution in [2.75, 3.05) is 26.4 Å². The van der Waals surface area contributed by atoms with Gasteiger partial charge in [0.05, 0.1) is 36.1 Å². The molecule has 1 saturated heterocycles. The summed E-state index contributed by atoms with van der Waals surface area (Å²) in [4.78, 5) is 25.0. The number of nitrogens with one attached hydrogen (secondary N) is 2. The Morgan fingerprint density at radius 3 is 2.64 bits per heavy atom. The topological polar surface area (TPSA) is 113 Å². The minimum Gasteiger partial charge on any atom is -0.486 e. The van der Waals surface area contributed by atoms with E-state index in [9.17, 15) is 18.4 Å². The Bertz CT molecular complexity index is 1680. The lowest BCUT2D eigenvalue weighted by Crippen LogP contribution is -2.46. The number of carbonyl (C=O) groups excluding carboxylic acids is 2. The highest BCUT2D eigenvalue weighted by Crippen LogP contribution is 2.36. The fourth-order valence-corrected chi connectivity index (χ4v) is 5.24. The van der Waals surface area contributed by atoms with Crippen LogP contribution in [0.2, 0.25) is 0 Å². The van der Waals surface area contributed by atoms with E-state index in [1.54, 1.807) is 66.3 Å². The van der Waals surface area contributed by atoms with Gasteiger partial charge in [0.15, 0.2) is 11.5 Å². The highest BCUT2D eigenvalue weighted by atomic mass is 19.3. The van der Waals surface area contributed by atoms with Crippen molar-refractivity contribution in [1.29, 1.82) is 0 Å². The molecule has 0 bridgehead atoms. The van der Waals surface area contributed by atoms with Crippen LogP contribution in [0.1, 0.15) is 42.3 Å². The number of ether oxygens (including phenoxy) is 4. The summed E-state index contributed by atoms with van der Waals surface area (Å²) in [6.45, 7) is 4.09. The third-order valence-corrected chi connectivity index (χ3v) is 7.53. The Labute approximate surface area is 252 Å². The summed E-state index contributed by atoms with van der Waals surface area (Å²) in [5.74, 6) is -3.62. The van der Waals surface area contributed by atoms with E-state index in [0.717, 1.165) is 17.3 Å². The smallest absolute Gasteiger partial charge is 0.321 e. The van der Waals surface area contributed by atoms with Gasteiger partial charge >= 0.3 is 5.92 Å². The van der Waals surface area contributed by atoms with Gasteiger partial charge in [0, 0.05) is 24.5 Å². The summed E-state index contributed by atoms with van der Waals surface area (Å²) in [6.07, 6.45) is 1.61. The molecule has 2 amide bonds. The summed E-state index contributed by atoms with van der Waals surface area (Å²) in [6, 6.07) is 16.9. The van der Waals surface area contributed by atoms with Gasteiger partial charge in [0.2, 0.25) is 0 Å². The van der Waals surface area contributed by atoms with E-state index in [4.69, 9.17) is 18.9 Å². The van der Waals surface area contributed by atoms with Gasteiger partial charge in [0.25, 0.3) is 11.8 Å². The maximum absolute atomic E-state index is 13.7. The van der Waals surface area contributed by atoms with Gasteiger partial charge in [0.1, 0.15) is 25.1 Å². The molecule has 0 saturated carbocycles. The lowest BCUT2D eigenvalue weighted by Gasteiger charge is -2.28. The molecular weight excluding hydrogens is 574 g/mol. The molecule has 1 fully saturated rings. The molecule has 1 aromatic heterocycles. The molecule has 4 aromatic rings. The fraction of sp³-hybridized carbons (Fsp3) is 0.344. The Morgan fingerprint density at radius 1 is 1.05 bits per heavy atom. The van der Waals surface area contributed by atoms with Gasteiger partial charge in [-0.25, -0.2) is 4.68 Å². The molecule has 6 rings (SSSR count). The van der Waals surface area contributed by atoms with E-state index < -0.39 is 24.0 Å². The molecule has 3 aromatic carbocycles. The second-order valence-corrected chi connectivity index (χ2v) is 11.0. The molecule has 2 unspecified atom stereocenters. The lowest BCUT2D eigenvalue weighted by atomic mass is 10.0. The molecule has 2 aliphatic rings. The highest BCUT2D eigenvalue weighted by Gasteiger charge is 2.35.